The zero-order valence-electron chi connectivity index (χ0n) is 9.65. The van der Waals surface area contributed by atoms with Crippen LogP contribution in [0.2, 0.25) is 5.02 Å². The smallest absolute Gasteiger partial charge is 0.209 e. The van der Waals surface area contributed by atoms with Gasteiger partial charge in [0.25, 0.3) is 0 Å². The van der Waals surface area contributed by atoms with E-state index in [0.717, 1.165) is 5.56 Å². The first-order valence-corrected chi connectivity index (χ1v) is 7.37. The molecule has 0 amide bonds. The van der Waals surface area contributed by atoms with E-state index < -0.39 is 10.0 Å². The predicted molar refractivity (Wildman–Crippen MR) is 68.9 cm³/mol. The van der Waals surface area contributed by atoms with Crippen LogP contribution in [0.25, 0.3) is 0 Å². The molecule has 0 saturated carbocycles. The third-order valence-corrected chi connectivity index (χ3v) is 3.32. The third kappa shape index (κ3) is 5.91. The number of halogens is 1. The van der Waals surface area contributed by atoms with Crippen LogP contribution in [0.3, 0.4) is 0 Å². The van der Waals surface area contributed by atoms with Gasteiger partial charge in [-0.2, -0.15) is 0 Å². The van der Waals surface area contributed by atoms with Crippen molar-refractivity contribution < 1.29 is 13.2 Å². The molecular weight excluding hydrogens is 262 g/mol. The van der Waals surface area contributed by atoms with Gasteiger partial charge in [0, 0.05) is 0 Å². The molecule has 0 aliphatic carbocycles. The van der Waals surface area contributed by atoms with Crippen molar-refractivity contribution in [3.8, 4) is 5.75 Å². The minimum atomic E-state index is -3.36. The van der Waals surface area contributed by atoms with Crippen LogP contribution in [-0.2, 0) is 10.0 Å². The van der Waals surface area contributed by atoms with E-state index in [1.165, 1.54) is 0 Å². The van der Waals surface area contributed by atoms with Crippen LogP contribution >= 0.6 is 11.6 Å². The molecule has 0 unspecified atom stereocenters. The maximum atomic E-state index is 10.7. The highest BCUT2D eigenvalue weighted by Crippen LogP contribution is 2.25. The van der Waals surface area contributed by atoms with Gasteiger partial charge in [-0.25, -0.2) is 13.6 Å². The van der Waals surface area contributed by atoms with Gasteiger partial charge in [-0.1, -0.05) is 17.7 Å². The molecule has 0 radical (unpaired) electrons. The predicted octanol–water partition coefficient (Wildman–Crippen LogP) is 2.10. The molecule has 0 atom stereocenters. The van der Waals surface area contributed by atoms with Crippen LogP contribution < -0.4 is 9.88 Å². The van der Waals surface area contributed by atoms with Gasteiger partial charge in [-0.3, -0.25) is 0 Å². The maximum absolute atomic E-state index is 10.7. The summed E-state index contributed by atoms with van der Waals surface area (Å²) in [7, 11) is -3.36. The molecule has 0 heterocycles. The van der Waals surface area contributed by atoms with Crippen LogP contribution in [0.15, 0.2) is 18.2 Å². The Hall–Kier alpha value is -0.780. The van der Waals surface area contributed by atoms with E-state index in [2.05, 4.69) is 0 Å². The molecule has 0 aromatic heterocycles. The fourth-order valence-corrected chi connectivity index (χ4v) is 2.21. The van der Waals surface area contributed by atoms with Crippen LogP contribution in [0, 0.1) is 6.92 Å². The zero-order valence-corrected chi connectivity index (χ0v) is 11.2. The summed E-state index contributed by atoms with van der Waals surface area (Å²) in [5.74, 6) is 0.603. The number of nitrogens with two attached hydrogens (primary N) is 1. The summed E-state index contributed by atoms with van der Waals surface area (Å²) < 4.78 is 26.8. The summed E-state index contributed by atoms with van der Waals surface area (Å²) in [6, 6.07) is 5.53. The highest BCUT2D eigenvalue weighted by Gasteiger charge is 2.03. The van der Waals surface area contributed by atoms with Gasteiger partial charge in [0.2, 0.25) is 10.0 Å². The first-order valence-electron chi connectivity index (χ1n) is 5.28. The van der Waals surface area contributed by atoms with Crippen molar-refractivity contribution in [2.24, 2.45) is 5.14 Å². The first kappa shape index (κ1) is 14.3. The van der Waals surface area contributed by atoms with Gasteiger partial charge < -0.3 is 4.74 Å². The van der Waals surface area contributed by atoms with E-state index in [-0.39, 0.29) is 5.75 Å². The quantitative estimate of drug-likeness (QED) is 0.810. The molecule has 0 spiro atoms. The Labute approximate surface area is 107 Å². The Kier molecular flexibility index (Phi) is 5.24. The van der Waals surface area contributed by atoms with E-state index in [9.17, 15) is 8.42 Å². The second kappa shape index (κ2) is 6.23. The number of hydrogen-bond acceptors (Lipinski definition) is 3. The summed E-state index contributed by atoms with van der Waals surface area (Å²) in [6.07, 6.45) is 1.11. The van der Waals surface area contributed by atoms with E-state index in [4.69, 9.17) is 21.5 Å². The summed E-state index contributed by atoms with van der Waals surface area (Å²) in [5, 5.41) is 5.45. The van der Waals surface area contributed by atoms with Gasteiger partial charge in [-0.05, 0) is 37.5 Å². The first-order chi connectivity index (χ1) is 7.88. The van der Waals surface area contributed by atoms with E-state index in [1.807, 2.05) is 19.1 Å². The highest BCUT2D eigenvalue weighted by molar-refractivity contribution is 7.89. The van der Waals surface area contributed by atoms with Gasteiger partial charge >= 0.3 is 0 Å². The van der Waals surface area contributed by atoms with Crippen molar-refractivity contribution in [3.05, 3.63) is 28.8 Å². The Balaban J connectivity index is 2.32. The fourth-order valence-electron chi connectivity index (χ4n) is 1.31. The number of rotatable bonds is 6. The topological polar surface area (TPSA) is 69.4 Å². The van der Waals surface area contributed by atoms with Crippen LogP contribution in [-0.4, -0.2) is 20.8 Å². The number of unbranched alkanes of at least 4 members (excludes halogenated alkanes) is 1. The largest absolute Gasteiger partial charge is 0.492 e. The lowest BCUT2D eigenvalue weighted by Crippen LogP contribution is -2.16. The molecule has 6 heteroatoms. The van der Waals surface area contributed by atoms with Crippen molar-refractivity contribution in [1.82, 2.24) is 0 Å². The number of primary sulfonamides is 1. The Morgan fingerprint density at radius 1 is 1.35 bits per heavy atom. The molecule has 0 aliphatic heterocycles. The second-order valence-corrected chi connectivity index (χ2v) is 6.00. The molecule has 4 nitrogen and oxygen atoms in total. The second-order valence-electron chi connectivity index (χ2n) is 3.86. The zero-order chi connectivity index (χ0) is 12.9. The van der Waals surface area contributed by atoms with E-state index >= 15 is 0 Å². The standard InChI is InChI=1S/C11H16ClNO3S/c1-9-4-5-11(10(12)8-9)16-6-2-3-7-17(13,14)15/h4-5,8H,2-3,6-7H2,1H3,(H2,13,14,15). The Morgan fingerprint density at radius 3 is 2.65 bits per heavy atom. The monoisotopic (exact) mass is 277 g/mol. The molecule has 96 valence electrons. The van der Waals surface area contributed by atoms with Crippen molar-refractivity contribution in [2.75, 3.05) is 12.4 Å². The number of ether oxygens (including phenoxy) is 1. The molecule has 17 heavy (non-hydrogen) atoms. The minimum absolute atomic E-state index is 0.0159. The van der Waals surface area contributed by atoms with Crippen LogP contribution in [0.1, 0.15) is 18.4 Å². The summed E-state index contributed by atoms with van der Waals surface area (Å²) in [6.45, 7) is 2.38. The molecule has 1 aromatic rings. The lowest BCUT2D eigenvalue weighted by Gasteiger charge is -2.08. The Morgan fingerprint density at radius 2 is 2.06 bits per heavy atom. The molecule has 1 aromatic carbocycles. The van der Waals surface area contributed by atoms with Crippen LogP contribution in [0.5, 0.6) is 5.75 Å². The van der Waals surface area contributed by atoms with Gasteiger partial charge in [0.15, 0.2) is 0 Å². The van der Waals surface area contributed by atoms with Crippen molar-refractivity contribution in [3.63, 3.8) is 0 Å². The lowest BCUT2D eigenvalue weighted by molar-refractivity contribution is 0.309. The minimum Gasteiger partial charge on any atom is -0.492 e. The van der Waals surface area contributed by atoms with Gasteiger partial charge in [-0.15, -0.1) is 0 Å². The molecule has 1 rings (SSSR count). The molecular formula is C11H16ClNO3S. The number of benzene rings is 1. The molecule has 2 N–H and O–H groups in total. The average molecular weight is 278 g/mol. The lowest BCUT2D eigenvalue weighted by atomic mass is 10.2. The Bertz CT molecular complexity index is 474. The maximum Gasteiger partial charge on any atom is 0.209 e. The third-order valence-electron chi connectivity index (χ3n) is 2.17. The average Bonchev–Trinajstić information content (AvgIpc) is 2.18. The molecule has 0 aliphatic rings. The van der Waals surface area contributed by atoms with Crippen LogP contribution in [0.4, 0.5) is 0 Å². The van der Waals surface area contributed by atoms with Crippen molar-refractivity contribution in [1.29, 1.82) is 0 Å². The molecule has 0 saturated heterocycles. The van der Waals surface area contributed by atoms with Gasteiger partial charge in [0.1, 0.15) is 5.75 Å². The fraction of sp³-hybridized carbons (Fsp3) is 0.455. The molecule has 0 bridgehead atoms. The normalized spacial score (nSPS) is 11.5. The summed E-state index contributed by atoms with van der Waals surface area (Å²) >= 11 is 5.97. The summed E-state index contributed by atoms with van der Waals surface area (Å²) in [4.78, 5) is 0. The van der Waals surface area contributed by atoms with E-state index in [0.29, 0.717) is 30.2 Å². The number of aryl methyl sites for hydroxylation is 1. The van der Waals surface area contributed by atoms with E-state index in [1.54, 1.807) is 6.07 Å². The highest BCUT2D eigenvalue weighted by atomic mass is 35.5. The number of sulfonamides is 1. The number of hydrogen-bond donors (Lipinski definition) is 1. The molecule has 0 fully saturated rings. The summed E-state index contributed by atoms with van der Waals surface area (Å²) in [5.41, 5.74) is 1.07. The van der Waals surface area contributed by atoms with Crippen molar-refractivity contribution in [2.45, 2.75) is 19.8 Å². The SMILES string of the molecule is Cc1ccc(OCCCCS(N)(=O)=O)c(Cl)c1. The van der Waals surface area contributed by atoms with Crippen molar-refractivity contribution >= 4 is 21.6 Å². The van der Waals surface area contributed by atoms with Gasteiger partial charge in [0.05, 0.1) is 17.4 Å².